The van der Waals surface area contributed by atoms with E-state index in [4.69, 9.17) is 0 Å². The monoisotopic (exact) mass is 400 g/mol. The molecule has 2 amide bonds. The van der Waals surface area contributed by atoms with Crippen molar-refractivity contribution in [1.82, 2.24) is 20.0 Å². The summed E-state index contributed by atoms with van der Waals surface area (Å²) in [6.07, 6.45) is 4.66. The first kappa shape index (κ1) is 21.8. The highest BCUT2D eigenvalue weighted by Gasteiger charge is 2.26. The topological polar surface area (TPSA) is 55.9 Å². The van der Waals surface area contributed by atoms with Gasteiger partial charge in [-0.2, -0.15) is 0 Å². The lowest BCUT2D eigenvalue weighted by Crippen LogP contribution is -2.48. The number of piperidine rings is 1. The van der Waals surface area contributed by atoms with Crippen LogP contribution >= 0.6 is 0 Å². The molecule has 2 fully saturated rings. The van der Waals surface area contributed by atoms with Crippen molar-refractivity contribution in [2.24, 2.45) is 5.92 Å². The summed E-state index contributed by atoms with van der Waals surface area (Å²) in [5, 5.41) is 3.04. The molecule has 29 heavy (non-hydrogen) atoms. The minimum absolute atomic E-state index is 0.116. The van der Waals surface area contributed by atoms with Crippen LogP contribution in [0.5, 0.6) is 0 Å². The SMILES string of the molecule is CN1CCN(C(=O)CC2CCN(CC(=O)NCCCc3ccccc3)CC2)CC1. The number of piperazine rings is 1. The Bertz CT molecular complexity index is 636. The van der Waals surface area contributed by atoms with Gasteiger partial charge >= 0.3 is 0 Å². The Morgan fingerprint density at radius 3 is 2.38 bits per heavy atom. The average molecular weight is 401 g/mol. The molecular formula is C23H36N4O2. The molecular weight excluding hydrogens is 364 g/mol. The highest BCUT2D eigenvalue weighted by Crippen LogP contribution is 2.21. The van der Waals surface area contributed by atoms with Crippen molar-refractivity contribution < 1.29 is 9.59 Å². The van der Waals surface area contributed by atoms with Gasteiger partial charge in [0.05, 0.1) is 6.54 Å². The third-order valence-corrected chi connectivity index (χ3v) is 6.20. The predicted octanol–water partition coefficient (Wildman–Crippen LogP) is 1.61. The molecule has 2 aliphatic heterocycles. The molecule has 2 heterocycles. The second-order valence-corrected chi connectivity index (χ2v) is 8.55. The quantitative estimate of drug-likeness (QED) is 0.674. The molecule has 3 rings (SSSR count). The highest BCUT2D eigenvalue weighted by molar-refractivity contribution is 5.78. The average Bonchev–Trinajstić information content (AvgIpc) is 2.74. The van der Waals surface area contributed by atoms with Crippen LogP contribution in [0.3, 0.4) is 0 Å². The molecule has 160 valence electrons. The fourth-order valence-electron chi connectivity index (χ4n) is 4.20. The Morgan fingerprint density at radius 1 is 1.00 bits per heavy atom. The van der Waals surface area contributed by atoms with Crippen molar-refractivity contribution in [3.63, 3.8) is 0 Å². The number of carbonyl (C=O) groups excluding carboxylic acids is 2. The summed E-state index contributed by atoms with van der Waals surface area (Å²) in [5.74, 6) is 0.894. The van der Waals surface area contributed by atoms with E-state index in [1.165, 1.54) is 5.56 Å². The molecule has 0 saturated carbocycles. The van der Waals surface area contributed by atoms with E-state index in [1.807, 2.05) is 11.0 Å². The molecule has 0 bridgehead atoms. The van der Waals surface area contributed by atoms with Gasteiger partial charge in [-0.1, -0.05) is 30.3 Å². The summed E-state index contributed by atoms with van der Waals surface area (Å²) in [6, 6.07) is 10.4. The van der Waals surface area contributed by atoms with Crippen LogP contribution in [0, 0.1) is 5.92 Å². The molecule has 2 saturated heterocycles. The number of aryl methyl sites for hydroxylation is 1. The molecule has 1 aromatic carbocycles. The number of rotatable bonds is 8. The number of nitrogens with one attached hydrogen (secondary N) is 1. The number of carbonyl (C=O) groups is 2. The molecule has 1 aromatic rings. The zero-order chi connectivity index (χ0) is 20.5. The van der Waals surface area contributed by atoms with Crippen LogP contribution in [0.15, 0.2) is 30.3 Å². The van der Waals surface area contributed by atoms with Gasteiger partial charge in [-0.3, -0.25) is 14.5 Å². The second kappa shape index (κ2) is 11.3. The molecule has 0 spiro atoms. The largest absolute Gasteiger partial charge is 0.355 e. The van der Waals surface area contributed by atoms with E-state index < -0.39 is 0 Å². The fraction of sp³-hybridized carbons (Fsp3) is 0.652. The number of likely N-dealkylation sites (tertiary alicyclic amines) is 1. The molecule has 6 heteroatoms. The van der Waals surface area contributed by atoms with Crippen molar-refractivity contribution >= 4 is 11.8 Å². The lowest BCUT2D eigenvalue weighted by Gasteiger charge is -2.35. The number of nitrogens with zero attached hydrogens (tertiary/aromatic N) is 3. The molecule has 0 aliphatic carbocycles. The fourth-order valence-corrected chi connectivity index (χ4v) is 4.20. The number of benzene rings is 1. The van der Waals surface area contributed by atoms with E-state index >= 15 is 0 Å². The van der Waals surface area contributed by atoms with Gasteiger partial charge in [0, 0.05) is 39.1 Å². The smallest absolute Gasteiger partial charge is 0.234 e. The number of hydrogen-bond donors (Lipinski definition) is 1. The molecule has 0 atom stereocenters. The van der Waals surface area contributed by atoms with Gasteiger partial charge in [-0.05, 0) is 57.3 Å². The van der Waals surface area contributed by atoms with Crippen LogP contribution < -0.4 is 5.32 Å². The zero-order valence-electron chi connectivity index (χ0n) is 17.8. The van der Waals surface area contributed by atoms with Gasteiger partial charge in [0.2, 0.25) is 11.8 Å². The number of likely N-dealkylation sites (N-methyl/N-ethyl adjacent to an activating group) is 1. The van der Waals surface area contributed by atoms with Crippen LogP contribution in [0.25, 0.3) is 0 Å². The normalized spacial score (nSPS) is 19.3. The number of amides is 2. The summed E-state index contributed by atoms with van der Waals surface area (Å²) >= 11 is 0. The third kappa shape index (κ3) is 7.44. The van der Waals surface area contributed by atoms with Crippen molar-refractivity contribution in [1.29, 1.82) is 0 Å². The lowest BCUT2D eigenvalue weighted by atomic mass is 9.93. The van der Waals surface area contributed by atoms with E-state index in [0.717, 1.165) is 71.5 Å². The summed E-state index contributed by atoms with van der Waals surface area (Å²) < 4.78 is 0. The highest BCUT2D eigenvalue weighted by atomic mass is 16.2. The van der Waals surface area contributed by atoms with Gasteiger partial charge in [0.25, 0.3) is 0 Å². The van der Waals surface area contributed by atoms with E-state index in [-0.39, 0.29) is 5.91 Å². The van der Waals surface area contributed by atoms with E-state index in [9.17, 15) is 9.59 Å². The Hall–Kier alpha value is -1.92. The van der Waals surface area contributed by atoms with Crippen LogP contribution in [-0.2, 0) is 16.0 Å². The van der Waals surface area contributed by atoms with E-state index in [1.54, 1.807) is 0 Å². The van der Waals surface area contributed by atoms with Gasteiger partial charge in [-0.15, -0.1) is 0 Å². The second-order valence-electron chi connectivity index (χ2n) is 8.55. The maximum atomic E-state index is 12.5. The van der Waals surface area contributed by atoms with Gasteiger partial charge < -0.3 is 15.1 Å². The van der Waals surface area contributed by atoms with Gasteiger partial charge in [0.1, 0.15) is 0 Å². The van der Waals surface area contributed by atoms with Crippen LogP contribution in [0.2, 0.25) is 0 Å². The lowest BCUT2D eigenvalue weighted by molar-refractivity contribution is -0.134. The van der Waals surface area contributed by atoms with Crippen molar-refractivity contribution in [3.8, 4) is 0 Å². The molecule has 1 N–H and O–H groups in total. The van der Waals surface area contributed by atoms with Crippen LogP contribution in [-0.4, -0.2) is 85.9 Å². The maximum absolute atomic E-state index is 12.5. The summed E-state index contributed by atoms with van der Waals surface area (Å²) in [7, 11) is 2.11. The van der Waals surface area contributed by atoms with Crippen molar-refractivity contribution in [3.05, 3.63) is 35.9 Å². The molecule has 0 unspecified atom stereocenters. The predicted molar refractivity (Wildman–Crippen MR) is 116 cm³/mol. The van der Waals surface area contributed by atoms with Crippen LogP contribution in [0.1, 0.15) is 31.2 Å². The first-order valence-electron chi connectivity index (χ1n) is 11.1. The Kier molecular flexibility index (Phi) is 8.50. The third-order valence-electron chi connectivity index (χ3n) is 6.20. The number of hydrogen-bond acceptors (Lipinski definition) is 4. The zero-order valence-corrected chi connectivity index (χ0v) is 17.8. The summed E-state index contributed by atoms with van der Waals surface area (Å²) in [6.45, 7) is 6.71. The Balaban J connectivity index is 1.26. The van der Waals surface area contributed by atoms with Gasteiger partial charge in [-0.25, -0.2) is 0 Å². The van der Waals surface area contributed by atoms with Gasteiger partial charge in [0.15, 0.2) is 0 Å². The minimum atomic E-state index is 0.116. The first-order valence-corrected chi connectivity index (χ1v) is 11.1. The summed E-state index contributed by atoms with van der Waals surface area (Å²) in [5.41, 5.74) is 1.31. The maximum Gasteiger partial charge on any atom is 0.234 e. The van der Waals surface area contributed by atoms with E-state index in [2.05, 4.69) is 46.4 Å². The van der Waals surface area contributed by atoms with E-state index in [0.29, 0.717) is 24.8 Å². The molecule has 6 nitrogen and oxygen atoms in total. The Labute approximate surface area is 175 Å². The summed E-state index contributed by atoms with van der Waals surface area (Å²) in [4.78, 5) is 31.2. The Morgan fingerprint density at radius 2 is 1.69 bits per heavy atom. The minimum Gasteiger partial charge on any atom is -0.355 e. The van der Waals surface area contributed by atoms with Crippen molar-refractivity contribution in [2.45, 2.75) is 32.1 Å². The van der Waals surface area contributed by atoms with Crippen LogP contribution in [0.4, 0.5) is 0 Å². The standard InChI is InChI=1S/C23H36N4O2/c1-25-14-16-27(17-15-25)23(29)18-21-9-12-26(13-10-21)19-22(28)24-11-5-8-20-6-3-2-4-7-20/h2-4,6-7,21H,5,8-19H2,1H3,(H,24,28). The van der Waals surface area contributed by atoms with Crippen molar-refractivity contribution in [2.75, 3.05) is 59.4 Å². The molecule has 0 aromatic heterocycles. The first-order chi connectivity index (χ1) is 14.1. The molecule has 0 radical (unpaired) electrons. The molecule has 2 aliphatic rings.